The van der Waals surface area contributed by atoms with E-state index in [9.17, 15) is 14.4 Å². The molecule has 1 fully saturated rings. The van der Waals surface area contributed by atoms with Crippen molar-refractivity contribution < 1.29 is 9.59 Å². The Hall–Kier alpha value is -2.42. The van der Waals surface area contributed by atoms with Crippen molar-refractivity contribution >= 4 is 51.4 Å². The molecule has 31 heavy (non-hydrogen) atoms. The van der Waals surface area contributed by atoms with Crippen LogP contribution >= 0.6 is 34.5 Å². The zero-order valence-corrected chi connectivity index (χ0v) is 18.9. The quantitative estimate of drug-likeness (QED) is 0.580. The molecule has 10 heteroatoms. The molecule has 5 rings (SSSR count). The van der Waals surface area contributed by atoms with Gasteiger partial charge < -0.3 is 5.32 Å². The van der Waals surface area contributed by atoms with Gasteiger partial charge in [0.2, 0.25) is 0 Å². The van der Waals surface area contributed by atoms with E-state index in [2.05, 4.69) is 10.3 Å². The highest BCUT2D eigenvalue weighted by atomic mass is 35.5. The SMILES string of the molecule is CC1(c2ccc(Cl)cc2Cl)NC(=O)N(Cc2cc(=O)n3c4c(sc3n2)CCCC4)C1=O. The molecule has 1 aromatic carbocycles. The number of hydrogen-bond donors (Lipinski definition) is 1. The Morgan fingerprint density at radius 1 is 1.16 bits per heavy atom. The summed E-state index contributed by atoms with van der Waals surface area (Å²) in [7, 11) is 0. The monoisotopic (exact) mass is 476 g/mol. The number of carbonyl (C=O) groups excluding carboxylic acids is 2. The molecule has 2 aromatic heterocycles. The minimum atomic E-state index is -1.33. The van der Waals surface area contributed by atoms with Crippen LogP contribution in [0.1, 0.15) is 41.6 Å². The summed E-state index contributed by atoms with van der Waals surface area (Å²) in [6.45, 7) is 1.50. The van der Waals surface area contributed by atoms with E-state index in [0.29, 0.717) is 21.2 Å². The predicted octanol–water partition coefficient (Wildman–Crippen LogP) is 3.91. The molecule has 1 atom stereocenters. The zero-order valence-electron chi connectivity index (χ0n) is 16.6. The Morgan fingerprint density at radius 3 is 2.71 bits per heavy atom. The number of carbonyl (C=O) groups is 2. The van der Waals surface area contributed by atoms with Gasteiger partial charge in [-0.3, -0.25) is 18.9 Å². The Kier molecular flexibility index (Phi) is 4.84. The van der Waals surface area contributed by atoms with Gasteiger partial charge in [-0.2, -0.15) is 0 Å². The number of aryl methyl sites for hydroxylation is 2. The summed E-state index contributed by atoms with van der Waals surface area (Å²) in [5.74, 6) is -0.464. The smallest absolute Gasteiger partial charge is 0.319 e. The number of fused-ring (bicyclic) bond motifs is 3. The first kappa shape index (κ1) is 20.5. The summed E-state index contributed by atoms with van der Waals surface area (Å²) in [6.07, 6.45) is 3.98. The van der Waals surface area contributed by atoms with Gasteiger partial charge in [-0.15, -0.1) is 11.3 Å². The van der Waals surface area contributed by atoms with Crippen molar-refractivity contribution in [2.24, 2.45) is 0 Å². The van der Waals surface area contributed by atoms with E-state index >= 15 is 0 Å². The number of rotatable bonds is 3. The van der Waals surface area contributed by atoms with Gasteiger partial charge in [0.25, 0.3) is 11.5 Å². The third kappa shape index (κ3) is 3.24. The van der Waals surface area contributed by atoms with Crippen LogP contribution in [0.4, 0.5) is 4.79 Å². The second kappa shape index (κ2) is 7.32. The maximum absolute atomic E-state index is 13.2. The highest BCUT2D eigenvalue weighted by Crippen LogP contribution is 2.35. The number of nitrogens with zero attached hydrogens (tertiary/aromatic N) is 3. The molecule has 0 saturated carbocycles. The van der Waals surface area contributed by atoms with Crippen LogP contribution in [0.5, 0.6) is 0 Å². The lowest BCUT2D eigenvalue weighted by Crippen LogP contribution is -2.41. The fourth-order valence-corrected chi connectivity index (χ4v) is 6.13. The van der Waals surface area contributed by atoms with Gasteiger partial charge in [-0.25, -0.2) is 9.78 Å². The summed E-state index contributed by atoms with van der Waals surface area (Å²) in [4.78, 5) is 46.1. The van der Waals surface area contributed by atoms with Crippen molar-refractivity contribution in [1.82, 2.24) is 19.6 Å². The Labute approximate surface area is 191 Å². The number of thiazole rings is 1. The van der Waals surface area contributed by atoms with E-state index in [1.54, 1.807) is 23.5 Å². The van der Waals surface area contributed by atoms with E-state index in [4.69, 9.17) is 23.2 Å². The van der Waals surface area contributed by atoms with Crippen LogP contribution in [0.25, 0.3) is 4.96 Å². The standard InChI is InChI=1S/C21H18Cl2N4O3S/c1-21(13-7-6-11(22)8-14(13)23)18(29)26(19(30)25-21)10-12-9-17(28)27-15-4-2-3-5-16(15)31-20(27)24-12/h6-9H,2-5,10H2,1H3,(H,25,30). The number of amides is 3. The number of nitrogens with one attached hydrogen (secondary N) is 1. The molecule has 0 spiro atoms. The lowest BCUT2D eigenvalue weighted by molar-refractivity contribution is -0.131. The number of benzene rings is 1. The Bertz CT molecular complexity index is 1320. The predicted molar refractivity (Wildman–Crippen MR) is 119 cm³/mol. The van der Waals surface area contributed by atoms with Crippen molar-refractivity contribution in [2.45, 2.75) is 44.7 Å². The second-order valence-corrected chi connectivity index (χ2v) is 9.86. The summed E-state index contributed by atoms with van der Waals surface area (Å²) < 4.78 is 1.66. The minimum absolute atomic E-state index is 0.0974. The van der Waals surface area contributed by atoms with Crippen molar-refractivity contribution in [3.63, 3.8) is 0 Å². The molecule has 2 aliphatic rings. The molecule has 3 amide bonds. The molecule has 1 saturated heterocycles. The van der Waals surface area contributed by atoms with Crippen LogP contribution in [0.3, 0.4) is 0 Å². The van der Waals surface area contributed by atoms with Crippen molar-refractivity contribution in [2.75, 3.05) is 0 Å². The average Bonchev–Trinajstić information content (AvgIpc) is 3.19. The molecule has 1 N–H and O–H groups in total. The number of halogens is 2. The maximum Gasteiger partial charge on any atom is 0.325 e. The van der Waals surface area contributed by atoms with E-state index < -0.39 is 17.5 Å². The molecule has 1 aliphatic carbocycles. The molecular weight excluding hydrogens is 459 g/mol. The lowest BCUT2D eigenvalue weighted by atomic mass is 9.92. The van der Waals surface area contributed by atoms with Crippen LogP contribution in [-0.2, 0) is 29.7 Å². The van der Waals surface area contributed by atoms with Crippen molar-refractivity contribution in [1.29, 1.82) is 0 Å². The maximum atomic E-state index is 13.2. The van der Waals surface area contributed by atoms with E-state index in [1.807, 2.05) is 0 Å². The topological polar surface area (TPSA) is 83.8 Å². The van der Waals surface area contributed by atoms with E-state index in [-0.39, 0.29) is 17.1 Å². The number of hydrogen-bond acceptors (Lipinski definition) is 5. The molecule has 0 bridgehead atoms. The van der Waals surface area contributed by atoms with Gasteiger partial charge >= 0.3 is 6.03 Å². The minimum Gasteiger partial charge on any atom is -0.319 e. The summed E-state index contributed by atoms with van der Waals surface area (Å²) in [6, 6.07) is 5.61. The summed E-state index contributed by atoms with van der Waals surface area (Å²) >= 11 is 13.8. The van der Waals surface area contributed by atoms with Gasteiger partial charge in [-0.1, -0.05) is 29.3 Å². The first-order valence-electron chi connectivity index (χ1n) is 9.91. The zero-order chi connectivity index (χ0) is 21.9. The first-order valence-corrected chi connectivity index (χ1v) is 11.5. The van der Waals surface area contributed by atoms with Gasteiger partial charge in [0.1, 0.15) is 5.54 Å². The molecule has 0 radical (unpaired) electrons. The third-order valence-corrected chi connectivity index (χ3v) is 7.57. The van der Waals surface area contributed by atoms with Crippen LogP contribution in [0, 0.1) is 0 Å². The third-order valence-electron chi connectivity index (χ3n) is 5.88. The molecule has 1 unspecified atom stereocenters. The van der Waals surface area contributed by atoms with Crippen molar-refractivity contribution in [3.8, 4) is 0 Å². The van der Waals surface area contributed by atoms with Gasteiger partial charge in [0, 0.05) is 32.2 Å². The highest BCUT2D eigenvalue weighted by Gasteiger charge is 2.50. The average molecular weight is 477 g/mol. The Balaban J connectivity index is 1.49. The molecule has 1 aliphatic heterocycles. The van der Waals surface area contributed by atoms with Crippen molar-refractivity contribution in [3.05, 3.63) is 66.5 Å². The highest BCUT2D eigenvalue weighted by molar-refractivity contribution is 7.17. The summed E-state index contributed by atoms with van der Waals surface area (Å²) in [5, 5.41) is 3.44. The van der Waals surface area contributed by atoms with Gasteiger partial charge in [-0.05, 0) is 44.7 Å². The van der Waals surface area contributed by atoms with E-state index in [0.717, 1.165) is 36.3 Å². The summed E-state index contributed by atoms with van der Waals surface area (Å²) in [5.41, 5.74) is 0.345. The van der Waals surface area contributed by atoms with Crippen LogP contribution in [0.2, 0.25) is 10.0 Å². The van der Waals surface area contributed by atoms with Crippen LogP contribution < -0.4 is 10.9 Å². The number of urea groups is 1. The van der Waals surface area contributed by atoms with Gasteiger partial charge in [0.15, 0.2) is 4.96 Å². The molecule has 3 aromatic rings. The second-order valence-electron chi connectivity index (χ2n) is 7.95. The van der Waals surface area contributed by atoms with E-state index in [1.165, 1.54) is 28.3 Å². The fourth-order valence-electron chi connectivity index (χ4n) is 4.30. The molecule has 3 heterocycles. The van der Waals surface area contributed by atoms with Gasteiger partial charge in [0.05, 0.1) is 12.2 Å². The number of aromatic nitrogens is 2. The number of imide groups is 1. The first-order chi connectivity index (χ1) is 14.8. The largest absolute Gasteiger partial charge is 0.325 e. The van der Waals surface area contributed by atoms with Crippen LogP contribution in [-0.4, -0.2) is 26.2 Å². The molecular formula is C21H18Cl2N4O3S. The van der Waals surface area contributed by atoms with Crippen LogP contribution in [0.15, 0.2) is 29.1 Å². The Morgan fingerprint density at radius 2 is 1.94 bits per heavy atom. The lowest BCUT2D eigenvalue weighted by Gasteiger charge is -2.23. The normalized spacial score (nSPS) is 20.9. The fraction of sp³-hybridized carbons (Fsp3) is 0.333. The molecule has 7 nitrogen and oxygen atoms in total. The molecule has 160 valence electrons.